The zero-order chi connectivity index (χ0) is 13.8. The third-order valence-corrected chi connectivity index (χ3v) is 11.2. The van der Waals surface area contributed by atoms with Gasteiger partial charge in [-0.25, -0.2) is 0 Å². The minimum absolute atomic E-state index is 0.468. The van der Waals surface area contributed by atoms with Gasteiger partial charge in [0.1, 0.15) is 0 Å². The first-order valence-corrected chi connectivity index (χ1v) is 11.7. The first-order valence-electron chi connectivity index (χ1n) is 6.98. The Labute approximate surface area is 117 Å². The fraction of sp³-hybridized carbons (Fsp3) is 0.600. The Kier molecular flexibility index (Phi) is 5.68. The van der Waals surface area contributed by atoms with E-state index in [2.05, 4.69) is 71.0 Å². The Morgan fingerprint density at radius 1 is 1.11 bits per heavy atom. The van der Waals surface area contributed by atoms with Crippen LogP contribution < -0.4 is 0 Å². The van der Waals surface area contributed by atoms with Crippen LogP contribution in [0.5, 0.6) is 0 Å². The van der Waals surface area contributed by atoms with Crippen molar-refractivity contribution in [3.05, 3.63) is 35.9 Å². The second-order valence-corrected chi connectivity index (χ2v) is 14.7. The summed E-state index contributed by atoms with van der Waals surface area (Å²) in [6.45, 7) is 14.6. The average Bonchev–Trinajstić information content (AvgIpc) is 2.25. The molecular formula is C15H28BPSi. The molecule has 1 aromatic rings. The molecule has 1 unspecified atom stereocenters. The maximum Gasteiger partial charge on any atom is 0.169 e. The Morgan fingerprint density at radius 3 is 2.17 bits per heavy atom. The van der Waals surface area contributed by atoms with Crippen molar-refractivity contribution in [3.63, 3.8) is 0 Å². The Balaban J connectivity index is 2.50. The summed E-state index contributed by atoms with van der Waals surface area (Å²) in [5, 5.41) is 0.468. The molecule has 0 aliphatic rings. The van der Waals surface area contributed by atoms with Gasteiger partial charge >= 0.3 is 0 Å². The summed E-state index contributed by atoms with van der Waals surface area (Å²) >= 11 is 0. The lowest BCUT2D eigenvalue weighted by Crippen LogP contribution is -2.34. The fourth-order valence-corrected chi connectivity index (χ4v) is 7.83. The Hall–Kier alpha value is -0.0682. The molecule has 0 fully saturated rings. The van der Waals surface area contributed by atoms with E-state index >= 15 is 0 Å². The van der Waals surface area contributed by atoms with E-state index in [0.29, 0.717) is 5.31 Å². The van der Waals surface area contributed by atoms with Gasteiger partial charge in [-0.3, -0.25) is 0 Å². The molecule has 0 radical (unpaired) electrons. The molecule has 0 saturated heterocycles. The molecule has 0 spiro atoms. The molecule has 1 atom stereocenters. The Morgan fingerprint density at radius 2 is 1.67 bits per heavy atom. The van der Waals surface area contributed by atoms with Crippen LogP contribution in [-0.4, -0.2) is 20.3 Å². The highest BCUT2D eigenvalue weighted by atomic mass is 31.1. The number of rotatable bonds is 5. The molecule has 0 amide bonds. The molecular weight excluding hydrogens is 250 g/mol. The molecule has 1 rings (SSSR count). The summed E-state index contributed by atoms with van der Waals surface area (Å²) in [6.07, 6.45) is 0.847. The normalized spacial score (nSPS) is 13.2. The molecule has 0 aliphatic heterocycles. The summed E-state index contributed by atoms with van der Waals surface area (Å²) < 4.78 is 0. The number of hydrogen-bond donors (Lipinski definition) is 0. The molecule has 0 bridgehead atoms. The van der Waals surface area contributed by atoms with Crippen molar-refractivity contribution in [2.45, 2.75) is 52.0 Å². The van der Waals surface area contributed by atoms with Crippen LogP contribution in [0.15, 0.2) is 30.3 Å². The van der Waals surface area contributed by atoms with E-state index in [0.717, 1.165) is 14.9 Å². The standard InChI is InChI=1S/C15H28BPSi/c1-15(2,3)16(4)17-13-18(5,6)12-14-10-8-7-9-11-14/h7-11,17H,12-13H2,1-6H3. The second kappa shape index (κ2) is 6.39. The van der Waals surface area contributed by atoms with Gasteiger partial charge in [-0.05, 0) is 11.8 Å². The summed E-state index contributed by atoms with van der Waals surface area (Å²) in [5.74, 6) is 1.47. The summed E-state index contributed by atoms with van der Waals surface area (Å²) in [5.41, 5.74) is 1.53. The lowest BCUT2D eigenvalue weighted by atomic mass is 9.55. The van der Waals surface area contributed by atoms with Crippen LogP contribution in [0.1, 0.15) is 26.3 Å². The first kappa shape index (κ1) is 16.0. The summed E-state index contributed by atoms with van der Waals surface area (Å²) in [4.78, 5) is 0. The zero-order valence-electron chi connectivity index (χ0n) is 12.9. The Bertz CT molecular complexity index is 357. The van der Waals surface area contributed by atoms with Crippen molar-refractivity contribution in [2.75, 3.05) is 5.79 Å². The zero-order valence-corrected chi connectivity index (χ0v) is 14.9. The van der Waals surface area contributed by atoms with Crippen LogP contribution in [0.3, 0.4) is 0 Å². The maximum absolute atomic E-state index is 2.54. The minimum Gasteiger partial charge on any atom is -0.158 e. The quantitative estimate of drug-likeness (QED) is 0.518. The van der Waals surface area contributed by atoms with Gasteiger partial charge in [0.25, 0.3) is 0 Å². The SMILES string of the molecule is CB(PC[Si](C)(C)Cc1ccccc1)C(C)(C)C. The van der Waals surface area contributed by atoms with E-state index in [1.54, 1.807) is 0 Å². The molecule has 0 heterocycles. The van der Waals surface area contributed by atoms with Crippen molar-refractivity contribution in [1.82, 2.24) is 0 Å². The summed E-state index contributed by atoms with van der Waals surface area (Å²) in [6, 6.07) is 12.3. The third-order valence-electron chi connectivity index (χ3n) is 3.71. The van der Waals surface area contributed by atoms with Crippen molar-refractivity contribution < 1.29 is 0 Å². The van der Waals surface area contributed by atoms with Gasteiger partial charge in [0.2, 0.25) is 0 Å². The van der Waals surface area contributed by atoms with Gasteiger partial charge in [-0.2, -0.15) is 8.46 Å². The highest BCUT2D eigenvalue weighted by Gasteiger charge is 2.28. The third kappa shape index (κ3) is 5.71. The molecule has 0 aromatic heterocycles. The van der Waals surface area contributed by atoms with Crippen LogP contribution in [0.2, 0.25) is 25.2 Å². The van der Waals surface area contributed by atoms with Gasteiger partial charge < -0.3 is 0 Å². The van der Waals surface area contributed by atoms with Gasteiger partial charge in [0, 0.05) is 0 Å². The second-order valence-electron chi connectivity index (χ2n) is 7.30. The van der Waals surface area contributed by atoms with E-state index in [4.69, 9.17) is 0 Å². The van der Waals surface area contributed by atoms with Crippen molar-refractivity contribution in [2.24, 2.45) is 0 Å². The van der Waals surface area contributed by atoms with E-state index in [1.807, 2.05) is 0 Å². The van der Waals surface area contributed by atoms with E-state index in [1.165, 1.54) is 17.4 Å². The molecule has 0 saturated carbocycles. The average molecular weight is 278 g/mol. The lowest BCUT2D eigenvalue weighted by Gasteiger charge is -2.29. The molecule has 0 nitrogen and oxygen atoms in total. The fourth-order valence-electron chi connectivity index (χ4n) is 1.95. The first-order chi connectivity index (χ1) is 8.21. The predicted molar refractivity (Wildman–Crippen MR) is 92.1 cm³/mol. The van der Waals surface area contributed by atoms with Crippen LogP contribution in [-0.2, 0) is 6.04 Å². The van der Waals surface area contributed by atoms with Gasteiger partial charge in [0.05, 0.1) is 8.07 Å². The lowest BCUT2D eigenvalue weighted by molar-refractivity contribution is 0.751. The van der Waals surface area contributed by atoms with Crippen molar-refractivity contribution in [1.29, 1.82) is 0 Å². The largest absolute Gasteiger partial charge is 0.169 e. The van der Waals surface area contributed by atoms with E-state index in [9.17, 15) is 0 Å². The van der Waals surface area contributed by atoms with E-state index < -0.39 is 8.07 Å². The van der Waals surface area contributed by atoms with Crippen LogP contribution in [0, 0.1) is 0 Å². The summed E-state index contributed by atoms with van der Waals surface area (Å²) in [7, 11) is 0.0488. The van der Waals surface area contributed by atoms with Gasteiger partial charge in [-0.1, -0.05) is 81.9 Å². The molecule has 3 heteroatoms. The highest BCUT2D eigenvalue weighted by Crippen LogP contribution is 2.38. The van der Waals surface area contributed by atoms with Gasteiger partial charge in [-0.15, -0.1) is 0 Å². The molecule has 1 aromatic carbocycles. The van der Waals surface area contributed by atoms with Crippen LogP contribution in [0.25, 0.3) is 0 Å². The molecule has 18 heavy (non-hydrogen) atoms. The van der Waals surface area contributed by atoms with Crippen molar-refractivity contribution in [3.8, 4) is 0 Å². The van der Waals surface area contributed by atoms with Crippen LogP contribution >= 0.6 is 8.46 Å². The van der Waals surface area contributed by atoms with Crippen molar-refractivity contribution >= 4 is 23.0 Å². The number of hydrogen-bond acceptors (Lipinski definition) is 0. The smallest absolute Gasteiger partial charge is 0.158 e. The maximum atomic E-state index is 2.54. The topological polar surface area (TPSA) is 0 Å². The monoisotopic (exact) mass is 278 g/mol. The molecule has 0 aliphatic carbocycles. The predicted octanol–water partition coefficient (Wildman–Crippen LogP) is 5.12. The molecule has 100 valence electrons. The van der Waals surface area contributed by atoms with E-state index in [-0.39, 0.29) is 0 Å². The van der Waals surface area contributed by atoms with Crippen LogP contribution in [0.4, 0.5) is 0 Å². The molecule has 0 N–H and O–H groups in total. The van der Waals surface area contributed by atoms with Gasteiger partial charge in [0.15, 0.2) is 6.43 Å². The minimum atomic E-state index is -1.07. The number of benzene rings is 1. The highest BCUT2D eigenvalue weighted by molar-refractivity contribution is 7.78.